The maximum Gasteiger partial charge on any atom is 0.274 e. The van der Waals surface area contributed by atoms with E-state index >= 15 is 0 Å². The van der Waals surface area contributed by atoms with Crippen LogP contribution in [-0.4, -0.2) is 38.5 Å². The lowest BCUT2D eigenvalue weighted by molar-refractivity contribution is 0.0757. The van der Waals surface area contributed by atoms with Crippen LogP contribution >= 0.6 is 15.9 Å². The van der Waals surface area contributed by atoms with Crippen LogP contribution in [0.1, 0.15) is 22.0 Å². The highest BCUT2D eigenvalue weighted by Crippen LogP contribution is 2.23. The van der Waals surface area contributed by atoms with Crippen molar-refractivity contribution < 1.29 is 4.79 Å². The third kappa shape index (κ3) is 2.85. The van der Waals surface area contributed by atoms with Crippen molar-refractivity contribution in [3.63, 3.8) is 0 Å². The number of rotatable bonds is 2. The first-order valence-corrected chi connectivity index (χ1v) is 8.52. The second-order valence-electron chi connectivity index (χ2n) is 5.76. The van der Waals surface area contributed by atoms with Crippen LogP contribution in [0.3, 0.4) is 0 Å². The van der Waals surface area contributed by atoms with Crippen molar-refractivity contribution in [3.05, 3.63) is 76.7 Å². The van der Waals surface area contributed by atoms with Gasteiger partial charge in [0.15, 0.2) is 11.3 Å². The quantitative estimate of drug-likeness (QED) is 0.639. The zero-order valence-corrected chi connectivity index (χ0v) is 14.4. The van der Waals surface area contributed by atoms with Gasteiger partial charge in [-0.05, 0) is 21.5 Å². The highest BCUT2D eigenvalue weighted by atomic mass is 79.9. The molecule has 0 fully saturated rings. The number of amides is 1. The molecular formula is C18H15BrN4O. The Morgan fingerprint density at radius 3 is 2.92 bits per heavy atom. The summed E-state index contributed by atoms with van der Waals surface area (Å²) in [5, 5.41) is 4.36. The van der Waals surface area contributed by atoms with Crippen molar-refractivity contribution in [3.8, 4) is 0 Å². The first-order chi connectivity index (χ1) is 11.7. The van der Waals surface area contributed by atoms with E-state index in [0.717, 1.165) is 4.47 Å². The van der Waals surface area contributed by atoms with Crippen molar-refractivity contribution in [2.75, 3.05) is 13.1 Å². The molecule has 1 aliphatic rings. The Bertz CT molecular complexity index is 919. The van der Waals surface area contributed by atoms with Gasteiger partial charge >= 0.3 is 0 Å². The number of halogens is 1. The van der Waals surface area contributed by atoms with Crippen molar-refractivity contribution >= 4 is 27.5 Å². The van der Waals surface area contributed by atoms with E-state index in [9.17, 15) is 4.79 Å². The molecule has 4 rings (SSSR count). The molecule has 1 unspecified atom stereocenters. The van der Waals surface area contributed by atoms with Crippen LogP contribution in [-0.2, 0) is 0 Å². The molecule has 1 aliphatic heterocycles. The number of nitrogens with zero attached hydrogens (tertiary/aromatic N) is 4. The Hall–Kier alpha value is -2.47. The summed E-state index contributed by atoms with van der Waals surface area (Å²) in [5.74, 6) is 0.148. The zero-order valence-electron chi connectivity index (χ0n) is 12.8. The number of carbonyl (C=O) groups excluding carboxylic acids is 1. The molecule has 0 N–H and O–H groups in total. The monoisotopic (exact) mass is 382 g/mol. The van der Waals surface area contributed by atoms with E-state index in [2.05, 4.69) is 44.2 Å². The van der Waals surface area contributed by atoms with Crippen LogP contribution in [0.25, 0.3) is 5.65 Å². The van der Waals surface area contributed by atoms with Crippen molar-refractivity contribution in [1.29, 1.82) is 0 Å². The minimum atomic E-state index is -0.0677. The van der Waals surface area contributed by atoms with Crippen LogP contribution in [0.15, 0.2) is 65.4 Å². The average molecular weight is 383 g/mol. The fraction of sp³-hybridized carbons (Fsp3) is 0.167. The van der Waals surface area contributed by atoms with Crippen LogP contribution in [0.2, 0.25) is 0 Å². The summed E-state index contributed by atoms with van der Waals surface area (Å²) in [5.41, 5.74) is 2.29. The molecule has 0 bridgehead atoms. The largest absolute Gasteiger partial charge is 0.333 e. The molecule has 3 heterocycles. The van der Waals surface area contributed by atoms with Gasteiger partial charge in [-0.15, -0.1) is 0 Å². The molecular weight excluding hydrogens is 368 g/mol. The summed E-state index contributed by atoms with van der Waals surface area (Å²) in [6.07, 6.45) is 7.70. The Morgan fingerprint density at radius 1 is 1.25 bits per heavy atom. The molecule has 0 saturated heterocycles. The molecule has 0 aliphatic carbocycles. The standard InChI is InChI=1S/C18H15BrN4O/c19-15-10-20-17-9-16(21-23(17)12-15)18(24)22-8-4-7-14(11-22)13-5-2-1-3-6-13/h1-7,9-10,12,14H,8,11H2. The van der Waals surface area contributed by atoms with Gasteiger partial charge in [0.25, 0.3) is 5.91 Å². The smallest absolute Gasteiger partial charge is 0.274 e. The third-order valence-electron chi connectivity index (χ3n) is 4.13. The summed E-state index contributed by atoms with van der Waals surface area (Å²) in [4.78, 5) is 18.9. The van der Waals surface area contributed by atoms with Crippen LogP contribution in [0.4, 0.5) is 0 Å². The number of aromatic nitrogens is 3. The number of benzene rings is 1. The predicted molar refractivity (Wildman–Crippen MR) is 94.9 cm³/mol. The second-order valence-corrected chi connectivity index (χ2v) is 6.68. The molecule has 0 spiro atoms. The molecule has 3 aromatic rings. The van der Waals surface area contributed by atoms with Crippen LogP contribution in [0.5, 0.6) is 0 Å². The first kappa shape index (κ1) is 15.1. The highest BCUT2D eigenvalue weighted by Gasteiger charge is 2.24. The van der Waals surface area contributed by atoms with E-state index < -0.39 is 0 Å². The van der Waals surface area contributed by atoms with Gasteiger partial charge in [-0.1, -0.05) is 42.5 Å². The van der Waals surface area contributed by atoms with Crippen molar-refractivity contribution in [1.82, 2.24) is 19.5 Å². The van der Waals surface area contributed by atoms with E-state index in [0.29, 0.717) is 24.4 Å². The highest BCUT2D eigenvalue weighted by molar-refractivity contribution is 9.10. The minimum Gasteiger partial charge on any atom is -0.333 e. The summed E-state index contributed by atoms with van der Waals surface area (Å²) in [6, 6.07) is 12.0. The summed E-state index contributed by atoms with van der Waals surface area (Å²) in [7, 11) is 0. The maximum absolute atomic E-state index is 12.8. The van der Waals surface area contributed by atoms with E-state index in [1.807, 2.05) is 29.2 Å². The molecule has 5 nitrogen and oxygen atoms in total. The first-order valence-electron chi connectivity index (χ1n) is 7.72. The Labute approximate surface area is 147 Å². The Morgan fingerprint density at radius 2 is 2.08 bits per heavy atom. The van der Waals surface area contributed by atoms with E-state index in [1.165, 1.54) is 5.56 Å². The van der Waals surface area contributed by atoms with Gasteiger partial charge in [0.1, 0.15) is 0 Å². The zero-order chi connectivity index (χ0) is 16.5. The molecule has 24 heavy (non-hydrogen) atoms. The van der Waals surface area contributed by atoms with E-state index in [1.54, 1.807) is 23.0 Å². The fourth-order valence-corrected chi connectivity index (χ4v) is 3.22. The van der Waals surface area contributed by atoms with Crippen molar-refractivity contribution in [2.45, 2.75) is 5.92 Å². The molecule has 6 heteroatoms. The molecule has 1 aromatic carbocycles. The van der Waals surface area contributed by atoms with Gasteiger partial charge in [0.05, 0.1) is 4.47 Å². The summed E-state index contributed by atoms with van der Waals surface area (Å²) >= 11 is 3.36. The molecule has 1 amide bonds. The molecule has 0 saturated carbocycles. The Balaban J connectivity index is 1.58. The second kappa shape index (κ2) is 6.20. The number of fused-ring (bicyclic) bond motifs is 1. The lowest BCUT2D eigenvalue weighted by atomic mass is 9.95. The SMILES string of the molecule is O=C(c1cc2ncc(Br)cn2n1)N1CC=CC(c2ccccc2)C1. The average Bonchev–Trinajstić information content (AvgIpc) is 3.05. The van der Waals surface area contributed by atoms with Gasteiger partial charge in [-0.25, -0.2) is 9.50 Å². The molecule has 120 valence electrons. The van der Waals surface area contributed by atoms with Crippen LogP contribution in [0, 0.1) is 0 Å². The summed E-state index contributed by atoms with van der Waals surface area (Å²) < 4.78 is 2.44. The van der Waals surface area contributed by atoms with Crippen molar-refractivity contribution in [2.24, 2.45) is 0 Å². The van der Waals surface area contributed by atoms with Gasteiger partial charge in [0.2, 0.25) is 0 Å². The lowest BCUT2D eigenvalue weighted by Gasteiger charge is -2.28. The number of carbonyl (C=O) groups is 1. The normalized spacial score (nSPS) is 17.4. The maximum atomic E-state index is 12.8. The van der Waals surface area contributed by atoms with Gasteiger partial charge in [-0.3, -0.25) is 4.79 Å². The lowest BCUT2D eigenvalue weighted by Crippen LogP contribution is -2.37. The van der Waals surface area contributed by atoms with E-state index in [-0.39, 0.29) is 11.8 Å². The van der Waals surface area contributed by atoms with Gasteiger partial charge < -0.3 is 4.90 Å². The number of hydrogen-bond donors (Lipinski definition) is 0. The molecule has 1 atom stereocenters. The minimum absolute atomic E-state index is 0.0677. The van der Waals surface area contributed by atoms with Crippen LogP contribution < -0.4 is 0 Å². The van der Waals surface area contributed by atoms with Gasteiger partial charge in [0, 0.05) is 37.5 Å². The number of hydrogen-bond acceptors (Lipinski definition) is 3. The van der Waals surface area contributed by atoms with E-state index in [4.69, 9.17) is 0 Å². The summed E-state index contributed by atoms with van der Waals surface area (Å²) in [6.45, 7) is 1.26. The Kier molecular flexibility index (Phi) is 3.90. The van der Waals surface area contributed by atoms with Gasteiger partial charge in [-0.2, -0.15) is 5.10 Å². The molecule has 0 radical (unpaired) electrons. The topological polar surface area (TPSA) is 50.5 Å². The third-order valence-corrected chi connectivity index (χ3v) is 4.54. The predicted octanol–water partition coefficient (Wildman–Crippen LogP) is 3.29. The molecule has 2 aromatic heterocycles. The fourth-order valence-electron chi connectivity index (χ4n) is 2.93.